The van der Waals surface area contributed by atoms with Gasteiger partial charge in [-0.2, -0.15) is 0 Å². The highest BCUT2D eigenvalue weighted by Crippen LogP contribution is 2.32. The molecule has 2 aromatic rings. The lowest BCUT2D eigenvalue weighted by Crippen LogP contribution is -2.32. The molecule has 0 aliphatic heterocycles. The number of non-ortho nitro benzene ring substituents is 1. The Kier molecular flexibility index (Phi) is 3.46. The van der Waals surface area contributed by atoms with Crippen LogP contribution in [0.5, 0.6) is 0 Å². The smallest absolute Gasteiger partial charge is 0.320 e. The van der Waals surface area contributed by atoms with Gasteiger partial charge in [0, 0.05) is 18.2 Å². The molecule has 0 spiro atoms. The maximum Gasteiger partial charge on any atom is 0.320 e. The van der Waals surface area contributed by atoms with Crippen molar-refractivity contribution < 1.29 is 14.8 Å². The molecule has 0 bridgehead atoms. The fraction of sp³-hybridized carbons (Fsp3) is 0.308. The second-order valence-corrected chi connectivity index (χ2v) is 4.84. The highest BCUT2D eigenvalue weighted by molar-refractivity contribution is 5.94. The Hall–Kier alpha value is -2.41. The lowest BCUT2D eigenvalue weighted by atomic mass is 10.0. The SMILES string of the molecule is Cc1cc([N+](=O)[O-])c2c(CC(N)C(=O)O)c(C)[nH]c2c1. The summed E-state index contributed by atoms with van der Waals surface area (Å²) in [7, 11) is 0. The van der Waals surface area contributed by atoms with Gasteiger partial charge in [0.15, 0.2) is 0 Å². The molecule has 4 N–H and O–H groups in total. The molecule has 1 heterocycles. The first-order valence-electron chi connectivity index (χ1n) is 6.05. The molecule has 0 radical (unpaired) electrons. The Morgan fingerprint density at radius 3 is 2.70 bits per heavy atom. The number of nitrogens with zero attached hydrogens (tertiary/aromatic N) is 1. The third kappa shape index (κ3) is 2.35. The first-order chi connectivity index (χ1) is 9.31. The molecule has 1 aromatic carbocycles. The van der Waals surface area contributed by atoms with Crippen molar-refractivity contribution in [3.63, 3.8) is 0 Å². The topological polar surface area (TPSA) is 122 Å². The van der Waals surface area contributed by atoms with E-state index in [2.05, 4.69) is 4.98 Å². The normalized spacial score (nSPS) is 12.6. The van der Waals surface area contributed by atoms with Crippen molar-refractivity contribution in [3.05, 3.63) is 39.1 Å². The van der Waals surface area contributed by atoms with Crippen LogP contribution in [0.1, 0.15) is 16.8 Å². The molecular formula is C13H15N3O4. The molecule has 7 heteroatoms. The average Bonchev–Trinajstić information content (AvgIpc) is 2.64. The summed E-state index contributed by atoms with van der Waals surface area (Å²) in [5.74, 6) is -1.13. The van der Waals surface area contributed by atoms with E-state index in [0.717, 1.165) is 5.56 Å². The summed E-state index contributed by atoms with van der Waals surface area (Å²) in [6.45, 7) is 3.52. The lowest BCUT2D eigenvalue weighted by Gasteiger charge is -2.07. The van der Waals surface area contributed by atoms with E-state index in [1.54, 1.807) is 19.9 Å². The molecule has 0 aliphatic rings. The summed E-state index contributed by atoms with van der Waals surface area (Å²) >= 11 is 0. The zero-order valence-electron chi connectivity index (χ0n) is 11.1. The van der Waals surface area contributed by atoms with Gasteiger partial charge >= 0.3 is 5.97 Å². The van der Waals surface area contributed by atoms with Gasteiger partial charge in [0.1, 0.15) is 6.04 Å². The Balaban J connectivity index is 2.68. The van der Waals surface area contributed by atoms with Crippen molar-refractivity contribution in [2.75, 3.05) is 0 Å². The van der Waals surface area contributed by atoms with Crippen LogP contribution in [0.2, 0.25) is 0 Å². The van der Waals surface area contributed by atoms with E-state index < -0.39 is 16.9 Å². The summed E-state index contributed by atoms with van der Waals surface area (Å²) in [4.78, 5) is 24.7. The molecule has 1 unspecified atom stereocenters. The maximum atomic E-state index is 11.2. The molecule has 0 aliphatic carbocycles. The number of aliphatic carboxylic acids is 1. The first-order valence-corrected chi connectivity index (χ1v) is 6.05. The third-order valence-electron chi connectivity index (χ3n) is 3.28. The lowest BCUT2D eigenvalue weighted by molar-refractivity contribution is -0.383. The van der Waals surface area contributed by atoms with E-state index in [1.165, 1.54) is 6.07 Å². The first kappa shape index (κ1) is 14.0. The quantitative estimate of drug-likeness (QED) is 0.579. The molecule has 20 heavy (non-hydrogen) atoms. The van der Waals surface area contributed by atoms with Crippen molar-refractivity contribution in [2.45, 2.75) is 26.3 Å². The highest BCUT2D eigenvalue weighted by Gasteiger charge is 2.23. The molecular weight excluding hydrogens is 262 g/mol. The minimum Gasteiger partial charge on any atom is -0.480 e. The van der Waals surface area contributed by atoms with Gasteiger partial charge in [0.25, 0.3) is 5.69 Å². The number of hydrogen-bond acceptors (Lipinski definition) is 4. The van der Waals surface area contributed by atoms with Crippen molar-refractivity contribution in [1.29, 1.82) is 0 Å². The molecule has 0 saturated heterocycles. The molecule has 1 aromatic heterocycles. The van der Waals surface area contributed by atoms with Gasteiger partial charge in [0.2, 0.25) is 0 Å². The monoisotopic (exact) mass is 277 g/mol. The summed E-state index contributed by atoms with van der Waals surface area (Å²) in [6.07, 6.45) is 0.0467. The molecule has 0 fully saturated rings. The van der Waals surface area contributed by atoms with Crippen molar-refractivity contribution >= 4 is 22.6 Å². The van der Waals surface area contributed by atoms with Gasteiger partial charge in [0.05, 0.1) is 15.8 Å². The Bertz CT molecular complexity index is 705. The van der Waals surface area contributed by atoms with Crippen LogP contribution in [0.15, 0.2) is 12.1 Å². The standard InChI is InChI=1S/C13H15N3O4/c1-6-3-10-12(11(4-6)16(19)20)8(7(2)15-10)5-9(14)13(17)18/h3-4,9,15H,5,14H2,1-2H3,(H,17,18). The van der Waals surface area contributed by atoms with E-state index in [4.69, 9.17) is 10.8 Å². The summed E-state index contributed by atoms with van der Waals surface area (Å²) in [6, 6.07) is 2.19. The number of nitrogens with one attached hydrogen (secondary N) is 1. The second-order valence-electron chi connectivity index (χ2n) is 4.84. The average molecular weight is 277 g/mol. The van der Waals surface area contributed by atoms with E-state index in [0.29, 0.717) is 22.2 Å². The molecule has 106 valence electrons. The number of H-pyrrole nitrogens is 1. The number of rotatable bonds is 4. The van der Waals surface area contributed by atoms with Crippen LogP contribution in [-0.4, -0.2) is 27.0 Å². The number of nitro benzene ring substituents is 1. The molecule has 1 atom stereocenters. The summed E-state index contributed by atoms with van der Waals surface area (Å²) in [5.41, 5.74) is 8.18. The number of aryl methyl sites for hydroxylation is 2. The van der Waals surface area contributed by atoms with Gasteiger partial charge in [-0.15, -0.1) is 0 Å². The van der Waals surface area contributed by atoms with Crippen LogP contribution in [0, 0.1) is 24.0 Å². The van der Waals surface area contributed by atoms with Gasteiger partial charge < -0.3 is 15.8 Å². The van der Waals surface area contributed by atoms with Gasteiger partial charge in [-0.25, -0.2) is 0 Å². The van der Waals surface area contributed by atoms with Gasteiger partial charge in [-0.1, -0.05) is 0 Å². The van der Waals surface area contributed by atoms with Crippen LogP contribution in [0.3, 0.4) is 0 Å². The fourth-order valence-electron chi connectivity index (χ4n) is 2.35. The molecule has 0 saturated carbocycles. The molecule has 7 nitrogen and oxygen atoms in total. The zero-order valence-corrected chi connectivity index (χ0v) is 11.1. The Morgan fingerprint density at radius 2 is 2.15 bits per heavy atom. The number of nitro groups is 1. The number of aromatic nitrogens is 1. The zero-order chi connectivity index (χ0) is 15.0. The van der Waals surface area contributed by atoms with Crippen molar-refractivity contribution in [1.82, 2.24) is 4.98 Å². The summed E-state index contributed by atoms with van der Waals surface area (Å²) in [5, 5.41) is 20.5. The minimum absolute atomic E-state index is 0.0306. The predicted molar refractivity (Wildman–Crippen MR) is 73.7 cm³/mol. The summed E-state index contributed by atoms with van der Waals surface area (Å²) < 4.78 is 0. The largest absolute Gasteiger partial charge is 0.480 e. The van der Waals surface area contributed by atoms with E-state index in [1.807, 2.05) is 0 Å². The van der Waals surface area contributed by atoms with Crippen LogP contribution in [-0.2, 0) is 11.2 Å². The van der Waals surface area contributed by atoms with Gasteiger partial charge in [-0.05, 0) is 31.0 Å². The van der Waals surface area contributed by atoms with Crippen LogP contribution in [0.25, 0.3) is 10.9 Å². The number of carbonyl (C=O) groups is 1. The number of aromatic amines is 1. The molecule has 0 amide bonds. The number of nitrogens with two attached hydrogens (primary N) is 1. The van der Waals surface area contributed by atoms with E-state index >= 15 is 0 Å². The van der Waals surface area contributed by atoms with Crippen LogP contribution in [0.4, 0.5) is 5.69 Å². The van der Waals surface area contributed by atoms with Crippen LogP contribution >= 0.6 is 0 Å². The van der Waals surface area contributed by atoms with Crippen molar-refractivity contribution in [3.8, 4) is 0 Å². The number of carboxylic acid groups (broad SMARTS) is 1. The van der Waals surface area contributed by atoms with E-state index in [9.17, 15) is 14.9 Å². The van der Waals surface area contributed by atoms with Crippen molar-refractivity contribution in [2.24, 2.45) is 5.73 Å². The minimum atomic E-state index is -1.13. The number of benzene rings is 1. The molecule has 2 rings (SSSR count). The number of hydrogen-bond donors (Lipinski definition) is 3. The highest BCUT2D eigenvalue weighted by atomic mass is 16.6. The fourth-order valence-corrected chi connectivity index (χ4v) is 2.35. The van der Waals surface area contributed by atoms with E-state index in [-0.39, 0.29) is 12.1 Å². The number of fused-ring (bicyclic) bond motifs is 1. The second kappa shape index (κ2) is 4.93. The predicted octanol–water partition coefficient (Wildman–Crippen LogP) is 1.65. The Labute approximate surface area is 114 Å². The van der Waals surface area contributed by atoms with Gasteiger partial charge in [-0.3, -0.25) is 14.9 Å². The van der Waals surface area contributed by atoms with Crippen LogP contribution < -0.4 is 5.73 Å². The third-order valence-corrected chi connectivity index (χ3v) is 3.28. The number of carboxylic acids is 1. The Morgan fingerprint density at radius 1 is 1.50 bits per heavy atom. The maximum absolute atomic E-state index is 11.2.